The molecule has 1 rings (SSSR count). The third-order valence-corrected chi connectivity index (χ3v) is 3.21. The summed E-state index contributed by atoms with van der Waals surface area (Å²) in [6.45, 7) is 2.83. The van der Waals surface area contributed by atoms with Gasteiger partial charge in [-0.1, -0.05) is 34.5 Å². The normalized spacial score (nSPS) is 12.0. The van der Waals surface area contributed by atoms with E-state index in [0.717, 1.165) is 30.3 Å². The van der Waals surface area contributed by atoms with Crippen LogP contribution in [0.4, 0.5) is 0 Å². The number of unbranched alkanes of at least 4 members (excludes halogenated alkanes) is 1. The van der Waals surface area contributed by atoms with E-state index in [9.17, 15) is 0 Å². The van der Waals surface area contributed by atoms with E-state index in [1.807, 2.05) is 0 Å². The molecule has 92 valence electrons. The van der Waals surface area contributed by atoms with Crippen LogP contribution >= 0.6 is 28.3 Å². The molecule has 0 bridgehead atoms. The highest BCUT2D eigenvalue weighted by Gasteiger charge is 2.09. The Balaban J connectivity index is 0.00000225. The number of benzene rings is 1. The fourth-order valence-electron chi connectivity index (χ4n) is 1.60. The average molecular weight is 308 g/mol. The second-order valence-corrected chi connectivity index (χ2v) is 4.77. The Kier molecular flexibility index (Phi) is 8.02. The maximum Gasteiger partial charge on any atom is 0.0306 e. The van der Waals surface area contributed by atoms with Crippen molar-refractivity contribution in [3.63, 3.8) is 0 Å². The third-order valence-electron chi connectivity index (χ3n) is 2.52. The van der Waals surface area contributed by atoms with Crippen molar-refractivity contribution < 1.29 is 0 Å². The van der Waals surface area contributed by atoms with Crippen molar-refractivity contribution in [1.82, 2.24) is 0 Å². The molecule has 0 amide bonds. The molecule has 0 aromatic heterocycles. The highest BCUT2D eigenvalue weighted by Crippen LogP contribution is 2.26. The maximum atomic E-state index is 6.12. The SMILES string of the molecule is Cc1ccc([C@H](N)CCCCN)c(Br)c1.Cl. The van der Waals surface area contributed by atoms with Crippen molar-refractivity contribution in [1.29, 1.82) is 0 Å². The van der Waals surface area contributed by atoms with Crippen LogP contribution < -0.4 is 11.5 Å². The van der Waals surface area contributed by atoms with Gasteiger partial charge in [-0.05, 0) is 43.5 Å². The van der Waals surface area contributed by atoms with Gasteiger partial charge in [0.2, 0.25) is 0 Å². The molecule has 1 atom stereocenters. The second kappa shape index (κ2) is 8.07. The Morgan fingerprint density at radius 1 is 1.31 bits per heavy atom. The van der Waals surface area contributed by atoms with E-state index in [1.54, 1.807) is 0 Å². The topological polar surface area (TPSA) is 52.0 Å². The molecule has 0 spiro atoms. The number of rotatable bonds is 5. The Bertz CT molecular complexity index is 318. The van der Waals surface area contributed by atoms with Gasteiger partial charge in [0.25, 0.3) is 0 Å². The summed E-state index contributed by atoms with van der Waals surface area (Å²) in [4.78, 5) is 0. The van der Waals surface area contributed by atoms with Crippen LogP contribution in [0.1, 0.15) is 36.4 Å². The van der Waals surface area contributed by atoms with Gasteiger partial charge in [0, 0.05) is 10.5 Å². The summed E-state index contributed by atoms with van der Waals surface area (Å²) in [5, 5.41) is 0. The van der Waals surface area contributed by atoms with Gasteiger partial charge in [-0.15, -0.1) is 12.4 Å². The van der Waals surface area contributed by atoms with Crippen molar-refractivity contribution in [2.75, 3.05) is 6.54 Å². The fourth-order valence-corrected chi connectivity index (χ4v) is 2.38. The van der Waals surface area contributed by atoms with Gasteiger partial charge in [-0.25, -0.2) is 0 Å². The molecule has 0 aliphatic rings. The van der Waals surface area contributed by atoms with E-state index in [1.165, 1.54) is 11.1 Å². The van der Waals surface area contributed by atoms with Crippen LogP contribution in [0.15, 0.2) is 22.7 Å². The number of hydrogen-bond acceptors (Lipinski definition) is 2. The third kappa shape index (κ3) is 4.83. The molecule has 0 heterocycles. The minimum absolute atomic E-state index is 0. The van der Waals surface area contributed by atoms with Crippen LogP contribution in [0.2, 0.25) is 0 Å². The first kappa shape index (κ1) is 15.9. The quantitative estimate of drug-likeness (QED) is 0.820. The van der Waals surface area contributed by atoms with Crippen LogP contribution in [0.3, 0.4) is 0 Å². The number of hydrogen-bond donors (Lipinski definition) is 2. The van der Waals surface area contributed by atoms with Crippen LogP contribution in [0.5, 0.6) is 0 Å². The molecule has 0 aliphatic carbocycles. The monoisotopic (exact) mass is 306 g/mol. The second-order valence-electron chi connectivity index (χ2n) is 3.92. The van der Waals surface area contributed by atoms with Crippen molar-refractivity contribution in [2.45, 2.75) is 32.2 Å². The van der Waals surface area contributed by atoms with Gasteiger partial charge in [0.1, 0.15) is 0 Å². The van der Waals surface area contributed by atoms with E-state index < -0.39 is 0 Å². The average Bonchev–Trinajstić information content (AvgIpc) is 2.17. The molecule has 0 fully saturated rings. The molecule has 0 saturated carbocycles. The first-order chi connectivity index (χ1) is 7.15. The van der Waals surface area contributed by atoms with Crippen LogP contribution in [-0.2, 0) is 0 Å². The lowest BCUT2D eigenvalue weighted by Crippen LogP contribution is -2.11. The van der Waals surface area contributed by atoms with Gasteiger partial charge in [0.15, 0.2) is 0 Å². The highest BCUT2D eigenvalue weighted by molar-refractivity contribution is 9.10. The van der Waals surface area contributed by atoms with Gasteiger partial charge in [-0.2, -0.15) is 0 Å². The summed E-state index contributed by atoms with van der Waals surface area (Å²) in [6, 6.07) is 6.43. The molecule has 0 saturated heterocycles. The van der Waals surface area contributed by atoms with Crippen molar-refractivity contribution in [3.05, 3.63) is 33.8 Å². The van der Waals surface area contributed by atoms with Gasteiger partial charge in [0.05, 0.1) is 0 Å². The Morgan fingerprint density at radius 3 is 2.56 bits per heavy atom. The Hall–Kier alpha value is -0.0900. The zero-order valence-corrected chi connectivity index (χ0v) is 12.0. The molecule has 1 aromatic rings. The standard InChI is InChI=1S/C12H19BrN2.ClH/c1-9-5-6-10(11(13)8-9)12(15)4-2-3-7-14;/h5-6,8,12H,2-4,7,14-15H2,1H3;1H/t12-;/m1./s1. The zero-order valence-electron chi connectivity index (χ0n) is 9.58. The molecule has 0 radical (unpaired) electrons. The van der Waals surface area contributed by atoms with Crippen molar-refractivity contribution in [3.8, 4) is 0 Å². The number of nitrogens with two attached hydrogens (primary N) is 2. The van der Waals surface area contributed by atoms with Crippen molar-refractivity contribution >= 4 is 28.3 Å². The highest BCUT2D eigenvalue weighted by atomic mass is 79.9. The predicted octanol–water partition coefficient (Wildman–Crippen LogP) is 3.31. The number of aryl methyl sites for hydroxylation is 1. The van der Waals surface area contributed by atoms with Gasteiger partial charge < -0.3 is 11.5 Å². The molecule has 0 unspecified atom stereocenters. The summed E-state index contributed by atoms with van der Waals surface area (Å²) in [7, 11) is 0. The lowest BCUT2D eigenvalue weighted by molar-refractivity contribution is 0.589. The van der Waals surface area contributed by atoms with Crippen LogP contribution in [-0.4, -0.2) is 6.54 Å². The van der Waals surface area contributed by atoms with Gasteiger partial charge in [-0.3, -0.25) is 0 Å². The summed E-state index contributed by atoms with van der Waals surface area (Å²) in [5.74, 6) is 0. The largest absolute Gasteiger partial charge is 0.330 e. The lowest BCUT2D eigenvalue weighted by atomic mass is 10.0. The molecule has 4 N–H and O–H groups in total. The smallest absolute Gasteiger partial charge is 0.0306 e. The van der Waals surface area contributed by atoms with Gasteiger partial charge >= 0.3 is 0 Å². The first-order valence-electron chi connectivity index (χ1n) is 5.37. The van der Waals surface area contributed by atoms with E-state index in [2.05, 4.69) is 41.1 Å². The molecule has 2 nitrogen and oxygen atoms in total. The fraction of sp³-hybridized carbons (Fsp3) is 0.500. The molecule has 1 aromatic carbocycles. The summed E-state index contributed by atoms with van der Waals surface area (Å²) in [5.41, 5.74) is 14.0. The summed E-state index contributed by atoms with van der Waals surface area (Å²) >= 11 is 3.55. The van der Waals surface area contributed by atoms with E-state index >= 15 is 0 Å². The number of halogens is 2. The predicted molar refractivity (Wildman–Crippen MR) is 76.0 cm³/mol. The maximum absolute atomic E-state index is 6.12. The molecule has 16 heavy (non-hydrogen) atoms. The lowest BCUT2D eigenvalue weighted by Gasteiger charge is -2.14. The zero-order chi connectivity index (χ0) is 11.3. The van der Waals surface area contributed by atoms with E-state index in [0.29, 0.717) is 0 Å². The first-order valence-corrected chi connectivity index (χ1v) is 6.16. The summed E-state index contributed by atoms with van der Waals surface area (Å²) < 4.78 is 1.11. The molecular weight excluding hydrogens is 288 g/mol. The molecule has 0 aliphatic heterocycles. The Labute approximate surface area is 112 Å². The van der Waals surface area contributed by atoms with Crippen LogP contribution in [0, 0.1) is 6.92 Å². The van der Waals surface area contributed by atoms with Crippen molar-refractivity contribution in [2.24, 2.45) is 11.5 Å². The van der Waals surface area contributed by atoms with Crippen LogP contribution in [0.25, 0.3) is 0 Å². The van der Waals surface area contributed by atoms with E-state index in [-0.39, 0.29) is 18.4 Å². The van der Waals surface area contributed by atoms with E-state index in [4.69, 9.17) is 11.5 Å². The summed E-state index contributed by atoms with van der Waals surface area (Å²) in [6.07, 6.45) is 3.15. The Morgan fingerprint density at radius 2 is 2.00 bits per heavy atom. The molecular formula is C12H20BrClN2. The minimum Gasteiger partial charge on any atom is -0.330 e. The minimum atomic E-state index is 0. The molecule has 4 heteroatoms.